The van der Waals surface area contributed by atoms with Gasteiger partial charge in [-0.25, -0.2) is 9.67 Å². The molecule has 0 N–H and O–H groups in total. The monoisotopic (exact) mass is 195 g/mol. The molecule has 1 rings (SSSR count). The van der Waals surface area contributed by atoms with Gasteiger partial charge in [-0.15, -0.1) is 0 Å². The van der Waals surface area contributed by atoms with Crippen molar-refractivity contribution in [2.75, 3.05) is 0 Å². The molecule has 78 valence electrons. The van der Waals surface area contributed by atoms with Gasteiger partial charge in [0.2, 0.25) is 0 Å². The summed E-state index contributed by atoms with van der Waals surface area (Å²) in [5.41, 5.74) is 0. The maximum atomic E-state index is 11.2. The number of Topliss-reactive ketones (excluding diaryl/α,β-unsaturated/α-hetero) is 1. The van der Waals surface area contributed by atoms with Crippen molar-refractivity contribution in [3.05, 3.63) is 11.6 Å². The highest BCUT2D eigenvalue weighted by molar-refractivity contribution is 5.79. The summed E-state index contributed by atoms with van der Waals surface area (Å²) < 4.78 is 1.74. The lowest BCUT2D eigenvalue weighted by atomic mass is 10.2. The number of carbonyl (C=O) groups is 1. The molecule has 14 heavy (non-hydrogen) atoms. The van der Waals surface area contributed by atoms with E-state index in [0.717, 1.165) is 24.5 Å². The molecule has 0 aliphatic rings. The fourth-order valence-corrected chi connectivity index (χ4v) is 1.28. The molecule has 4 heteroatoms. The van der Waals surface area contributed by atoms with E-state index in [1.54, 1.807) is 11.6 Å². The van der Waals surface area contributed by atoms with E-state index in [-0.39, 0.29) is 11.8 Å². The van der Waals surface area contributed by atoms with Gasteiger partial charge in [0.1, 0.15) is 11.9 Å². The lowest BCUT2D eigenvalue weighted by Gasteiger charge is -2.09. The van der Waals surface area contributed by atoms with Crippen LogP contribution in [-0.4, -0.2) is 20.5 Å². The van der Waals surface area contributed by atoms with Crippen LogP contribution in [0.5, 0.6) is 0 Å². The Kier molecular flexibility index (Phi) is 3.38. The van der Waals surface area contributed by atoms with Gasteiger partial charge < -0.3 is 0 Å². The molecular weight excluding hydrogens is 178 g/mol. The first kappa shape index (κ1) is 10.9. The van der Waals surface area contributed by atoms with E-state index in [9.17, 15) is 4.79 Å². The van der Waals surface area contributed by atoms with Crippen molar-refractivity contribution in [1.82, 2.24) is 14.8 Å². The van der Waals surface area contributed by atoms with E-state index in [4.69, 9.17) is 0 Å². The smallest absolute Gasteiger partial charge is 0.154 e. The maximum Gasteiger partial charge on any atom is 0.154 e. The molecule has 1 aromatic rings. The Morgan fingerprint density at radius 1 is 1.43 bits per heavy atom. The van der Waals surface area contributed by atoms with E-state index in [0.29, 0.717) is 0 Å². The van der Waals surface area contributed by atoms with Gasteiger partial charge in [0.25, 0.3) is 0 Å². The zero-order chi connectivity index (χ0) is 10.7. The Hall–Kier alpha value is -1.19. The number of hydrogen-bond acceptors (Lipinski definition) is 3. The summed E-state index contributed by atoms with van der Waals surface area (Å²) in [7, 11) is 0. The van der Waals surface area contributed by atoms with E-state index in [1.165, 1.54) is 0 Å². The summed E-state index contributed by atoms with van der Waals surface area (Å²) in [5, 5.41) is 4.31. The molecule has 4 nitrogen and oxygen atoms in total. The van der Waals surface area contributed by atoms with E-state index in [2.05, 4.69) is 10.1 Å². The highest BCUT2D eigenvalue weighted by atomic mass is 16.1. The van der Waals surface area contributed by atoms with E-state index in [1.807, 2.05) is 20.8 Å². The predicted octanol–water partition coefficient (Wildman–Crippen LogP) is 1.55. The van der Waals surface area contributed by atoms with Crippen LogP contribution in [0.25, 0.3) is 0 Å². The zero-order valence-electron chi connectivity index (χ0n) is 9.24. The van der Waals surface area contributed by atoms with Crippen molar-refractivity contribution in [2.45, 2.75) is 46.6 Å². The van der Waals surface area contributed by atoms with Gasteiger partial charge in [0, 0.05) is 12.8 Å². The maximum absolute atomic E-state index is 11.2. The van der Waals surface area contributed by atoms with Gasteiger partial charge in [-0.05, 0) is 13.8 Å². The Morgan fingerprint density at radius 2 is 2.07 bits per heavy atom. The molecule has 0 spiro atoms. The van der Waals surface area contributed by atoms with E-state index >= 15 is 0 Å². The first-order valence-corrected chi connectivity index (χ1v) is 5.04. The van der Waals surface area contributed by atoms with Crippen LogP contribution in [0.4, 0.5) is 0 Å². The van der Waals surface area contributed by atoms with Crippen molar-refractivity contribution < 1.29 is 4.79 Å². The quantitative estimate of drug-likeness (QED) is 0.732. The van der Waals surface area contributed by atoms with Crippen LogP contribution >= 0.6 is 0 Å². The molecule has 0 saturated heterocycles. The molecule has 0 aliphatic heterocycles. The number of ketones is 1. The van der Waals surface area contributed by atoms with Crippen molar-refractivity contribution in [2.24, 2.45) is 0 Å². The van der Waals surface area contributed by atoms with Crippen LogP contribution in [0.15, 0.2) is 0 Å². The molecular formula is C10H17N3O. The van der Waals surface area contributed by atoms with Crippen molar-refractivity contribution in [3.63, 3.8) is 0 Å². The predicted molar refractivity (Wildman–Crippen MR) is 54.2 cm³/mol. The van der Waals surface area contributed by atoms with Crippen LogP contribution in [0.2, 0.25) is 0 Å². The molecule has 0 aliphatic carbocycles. The fraction of sp³-hybridized carbons (Fsp3) is 0.700. The van der Waals surface area contributed by atoms with Crippen LogP contribution in [0.1, 0.15) is 45.4 Å². The normalized spacial score (nSPS) is 12.9. The summed E-state index contributed by atoms with van der Waals surface area (Å²) in [6, 6.07) is -0.197. The first-order valence-electron chi connectivity index (χ1n) is 5.04. The largest absolute Gasteiger partial charge is 0.298 e. The third kappa shape index (κ3) is 2.00. The fourth-order valence-electron chi connectivity index (χ4n) is 1.28. The summed E-state index contributed by atoms with van der Waals surface area (Å²) in [6.45, 7) is 7.47. The van der Waals surface area contributed by atoms with Crippen molar-refractivity contribution >= 4 is 5.78 Å². The minimum absolute atomic E-state index is 0.118. The van der Waals surface area contributed by atoms with Crippen LogP contribution < -0.4 is 0 Å². The Bertz CT molecular complexity index is 330. The zero-order valence-corrected chi connectivity index (χ0v) is 9.24. The van der Waals surface area contributed by atoms with Gasteiger partial charge in [-0.2, -0.15) is 5.10 Å². The van der Waals surface area contributed by atoms with Crippen LogP contribution in [-0.2, 0) is 17.6 Å². The molecule has 0 aromatic carbocycles. The number of hydrogen-bond donors (Lipinski definition) is 0. The van der Waals surface area contributed by atoms with E-state index < -0.39 is 0 Å². The van der Waals surface area contributed by atoms with Crippen molar-refractivity contribution in [3.8, 4) is 0 Å². The average molecular weight is 195 g/mol. The third-order valence-electron chi connectivity index (χ3n) is 2.33. The number of rotatable bonds is 4. The SMILES string of the molecule is CCc1nc(CC)n(C(C)C(C)=O)n1. The molecule has 1 heterocycles. The summed E-state index contributed by atoms with van der Waals surface area (Å²) in [6.07, 6.45) is 1.62. The topological polar surface area (TPSA) is 47.8 Å². The number of carbonyl (C=O) groups excluding carboxylic acids is 1. The summed E-state index contributed by atoms with van der Waals surface area (Å²) >= 11 is 0. The second kappa shape index (κ2) is 4.35. The second-order valence-electron chi connectivity index (χ2n) is 3.38. The molecule has 1 atom stereocenters. The standard InChI is InChI=1S/C10H17N3O/c1-5-9-11-10(6-2)13(12-9)7(3)8(4)14/h7H,5-6H2,1-4H3. The van der Waals surface area contributed by atoms with Crippen LogP contribution in [0.3, 0.4) is 0 Å². The molecule has 1 unspecified atom stereocenters. The first-order chi connectivity index (χ1) is 6.60. The number of aromatic nitrogens is 3. The molecule has 0 fully saturated rings. The minimum atomic E-state index is -0.197. The van der Waals surface area contributed by atoms with Gasteiger partial charge in [0.05, 0.1) is 0 Å². The Labute approximate surface area is 84.3 Å². The Balaban J connectivity index is 3.05. The van der Waals surface area contributed by atoms with Gasteiger partial charge in [0.15, 0.2) is 11.6 Å². The van der Waals surface area contributed by atoms with Crippen LogP contribution in [0, 0.1) is 0 Å². The molecule has 1 aromatic heterocycles. The lowest BCUT2D eigenvalue weighted by Crippen LogP contribution is -2.17. The number of aryl methyl sites for hydroxylation is 2. The Morgan fingerprint density at radius 3 is 2.50 bits per heavy atom. The third-order valence-corrected chi connectivity index (χ3v) is 2.33. The molecule has 0 saturated carbocycles. The van der Waals surface area contributed by atoms with Gasteiger partial charge in [-0.1, -0.05) is 13.8 Å². The number of nitrogens with zero attached hydrogens (tertiary/aromatic N) is 3. The summed E-state index contributed by atoms with van der Waals surface area (Å²) in [5.74, 6) is 1.83. The lowest BCUT2D eigenvalue weighted by molar-refractivity contribution is -0.119. The highest BCUT2D eigenvalue weighted by Crippen LogP contribution is 2.10. The molecule has 0 bridgehead atoms. The summed E-state index contributed by atoms with van der Waals surface area (Å²) in [4.78, 5) is 15.6. The second-order valence-corrected chi connectivity index (χ2v) is 3.38. The van der Waals surface area contributed by atoms with Gasteiger partial charge >= 0.3 is 0 Å². The average Bonchev–Trinajstić information content (AvgIpc) is 2.59. The van der Waals surface area contributed by atoms with Crippen molar-refractivity contribution in [1.29, 1.82) is 0 Å². The van der Waals surface area contributed by atoms with Gasteiger partial charge in [-0.3, -0.25) is 4.79 Å². The molecule has 0 amide bonds. The molecule has 0 radical (unpaired) electrons. The highest BCUT2D eigenvalue weighted by Gasteiger charge is 2.16. The minimum Gasteiger partial charge on any atom is -0.298 e.